The molecule has 2 amide bonds. The molecule has 0 saturated carbocycles. The molecule has 4 nitrogen and oxygen atoms in total. The summed E-state index contributed by atoms with van der Waals surface area (Å²) in [5.41, 5.74) is 0.212. The minimum atomic E-state index is -1.40. The first-order valence-corrected chi connectivity index (χ1v) is 6.89. The van der Waals surface area contributed by atoms with Crippen LogP contribution in [0.1, 0.15) is 10.4 Å². The van der Waals surface area contributed by atoms with Crippen LogP contribution in [0.2, 0.25) is 0 Å². The van der Waals surface area contributed by atoms with Crippen LogP contribution in [0.3, 0.4) is 0 Å². The normalized spacial score (nSPS) is 10.0. The van der Waals surface area contributed by atoms with Crippen LogP contribution >= 0.6 is 63.7 Å². The van der Waals surface area contributed by atoms with Crippen LogP contribution in [0, 0.1) is 0 Å². The van der Waals surface area contributed by atoms with Gasteiger partial charge in [-0.25, -0.2) is 4.79 Å². The molecule has 1 rings (SSSR count). The molecule has 0 aliphatic carbocycles. The van der Waals surface area contributed by atoms with Crippen molar-refractivity contribution in [2.45, 2.75) is 0 Å². The highest BCUT2D eigenvalue weighted by Crippen LogP contribution is 2.38. The van der Waals surface area contributed by atoms with Gasteiger partial charge in [-0.15, -0.1) is 0 Å². The molecule has 0 bridgehead atoms. The molecule has 0 atom stereocenters. The van der Waals surface area contributed by atoms with E-state index in [9.17, 15) is 9.59 Å². The summed E-state index contributed by atoms with van der Waals surface area (Å²) in [7, 11) is 0. The van der Waals surface area contributed by atoms with Crippen LogP contribution < -0.4 is 5.32 Å². The fourth-order valence-corrected chi connectivity index (χ4v) is 3.09. The van der Waals surface area contributed by atoms with Crippen molar-refractivity contribution in [3.63, 3.8) is 0 Å². The Morgan fingerprint density at radius 1 is 1.06 bits per heavy atom. The summed E-state index contributed by atoms with van der Waals surface area (Å²) < 4.78 is 2.46. The van der Waals surface area contributed by atoms with E-state index in [-0.39, 0.29) is 5.56 Å². The Kier molecular flexibility index (Phi) is 4.96. The van der Waals surface area contributed by atoms with Gasteiger partial charge in [0.25, 0.3) is 5.91 Å². The van der Waals surface area contributed by atoms with Crippen molar-refractivity contribution in [2.24, 2.45) is 0 Å². The average molecular weight is 481 g/mol. The number of imide groups is 1. The van der Waals surface area contributed by atoms with Gasteiger partial charge in [0.05, 0.1) is 5.56 Å². The summed E-state index contributed by atoms with van der Waals surface area (Å²) in [6.07, 6.45) is -1.40. The second-order valence-electron chi connectivity index (χ2n) is 2.61. The zero-order valence-electron chi connectivity index (χ0n) is 7.35. The lowest BCUT2D eigenvalue weighted by Gasteiger charge is -2.08. The van der Waals surface area contributed by atoms with Crippen molar-refractivity contribution >= 4 is 75.7 Å². The van der Waals surface area contributed by atoms with Crippen LogP contribution in [-0.4, -0.2) is 17.1 Å². The number of halogens is 4. The summed E-state index contributed by atoms with van der Waals surface area (Å²) in [6, 6.07) is 1.51. The Bertz CT molecular complexity index is 475. The van der Waals surface area contributed by atoms with E-state index in [1.54, 1.807) is 5.32 Å². The minimum Gasteiger partial charge on any atom is -0.465 e. The molecular formula is C8H3Br4NO3. The number of nitrogens with one attached hydrogen (secondary N) is 1. The zero-order chi connectivity index (χ0) is 12.5. The standard InChI is InChI=1S/C8H3Br4NO3/c9-3-1-2(7(14)13-8(15)16)4(10)6(12)5(3)11/h1H,(H,13,14)(H,15,16). The highest BCUT2D eigenvalue weighted by atomic mass is 79.9. The topological polar surface area (TPSA) is 66.4 Å². The van der Waals surface area contributed by atoms with Crippen LogP contribution in [-0.2, 0) is 0 Å². The molecule has 0 aliphatic heterocycles. The predicted molar refractivity (Wildman–Crippen MR) is 72.7 cm³/mol. The smallest absolute Gasteiger partial charge is 0.411 e. The number of carbonyl (C=O) groups excluding carboxylic acids is 1. The van der Waals surface area contributed by atoms with E-state index in [0.29, 0.717) is 13.4 Å². The number of rotatable bonds is 1. The molecule has 0 fully saturated rings. The zero-order valence-corrected chi connectivity index (χ0v) is 13.7. The van der Waals surface area contributed by atoms with Crippen LogP contribution in [0.4, 0.5) is 4.79 Å². The largest absolute Gasteiger partial charge is 0.465 e. The maximum absolute atomic E-state index is 11.5. The lowest BCUT2D eigenvalue weighted by molar-refractivity contribution is 0.0947. The van der Waals surface area contributed by atoms with Crippen molar-refractivity contribution in [3.8, 4) is 0 Å². The van der Waals surface area contributed by atoms with Gasteiger partial charge in [0.15, 0.2) is 0 Å². The lowest BCUT2D eigenvalue weighted by Crippen LogP contribution is -2.29. The van der Waals surface area contributed by atoms with E-state index < -0.39 is 12.0 Å². The molecule has 0 aliphatic rings. The second kappa shape index (κ2) is 5.61. The monoisotopic (exact) mass is 477 g/mol. The molecule has 16 heavy (non-hydrogen) atoms. The first kappa shape index (κ1) is 14.1. The van der Waals surface area contributed by atoms with E-state index in [1.165, 1.54) is 6.07 Å². The van der Waals surface area contributed by atoms with E-state index in [2.05, 4.69) is 63.7 Å². The van der Waals surface area contributed by atoms with Gasteiger partial charge in [0, 0.05) is 17.9 Å². The summed E-state index contributed by atoms with van der Waals surface area (Å²) in [4.78, 5) is 21.9. The van der Waals surface area contributed by atoms with E-state index in [0.717, 1.165) is 4.47 Å². The predicted octanol–water partition coefficient (Wildman–Crippen LogP) is 4.14. The number of carboxylic acid groups (broad SMARTS) is 1. The summed E-state index contributed by atoms with van der Waals surface area (Å²) in [5, 5.41) is 10.2. The van der Waals surface area contributed by atoms with Crippen molar-refractivity contribution in [2.75, 3.05) is 0 Å². The first-order valence-electron chi connectivity index (χ1n) is 3.72. The Morgan fingerprint density at radius 3 is 2.12 bits per heavy atom. The van der Waals surface area contributed by atoms with Gasteiger partial charge in [0.1, 0.15) is 0 Å². The van der Waals surface area contributed by atoms with Gasteiger partial charge in [0.2, 0.25) is 0 Å². The van der Waals surface area contributed by atoms with Crippen molar-refractivity contribution < 1.29 is 14.7 Å². The summed E-state index contributed by atoms with van der Waals surface area (Å²) in [6.45, 7) is 0. The van der Waals surface area contributed by atoms with E-state index in [1.807, 2.05) is 0 Å². The van der Waals surface area contributed by atoms with Crippen molar-refractivity contribution in [1.82, 2.24) is 5.32 Å². The number of carbonyl (C=O) groups is 2. The number of amides is 2. The Balaban J connectivity index is 3.25. The number of hydrogen-bond donors (Lipinski definition) is 2. The van der Waals surface area contributed by atoms with Crippen LogP contribution in [0.25, 0.3) is 0 Å². The van der Waals surface area contributed by atoms with E-state index in [4.69, 9.17) is 5.11 Å². The summed E-state index contributed by atoms with van der Waals surface area (Å²) in [5.74, 6) is -0.701. The maximum Gasteiger partial charge on any atom is 0.411 e. The van der Waals surface area contributed by atoms with Gasteiger partial charge in [-0.05, 0) is 69.8 Å². The first-order chi connectivity index (χ1) is 7.34. The number of benzene rings is 1. The molecule has 0 saturated heterocycles. The molecule has 0 radical (unpaired) electrons. The quantitative estimate of drug-likeness (QED) is 0.469. The van der Waals surface area contributed by atoms with Gasteiger partial charge >= 0.3 is 6.09 Å². The molecule has 1 aromatic rings. The molecular weight excluding hydrogens is 478 g/mol. The third-order valence-corrected chi connectivity index (χ3v) is 6.23. The van der Waals surface area contributed by atoms with Gasteiger partial charge in [-0.3, -0.25) is 10.1 Å². The Morgan fingerprint density at radius 2 is 1.62 bits per heavy atom. The number of hydrogen-bond acceptors (Lipinski definition) is 2. The fourth-order valence-electron chi connectivity index (χ4n) is 0.903. The SMILES string of the molecule is O=C(O)NC(=O)c1cc(Br)c(Br)c(Br)c1Br. The highest BCUT2D eigenvalue weighted by Gasteiger charge is 2.18. The Labute approximate surface area is 124 Å². The van der Waals surface area contributed by atoms with E-state index >= 15 is 0 Å². The third-order valence-electron chi connectivity index (χ3n) is 1.57. The molecule has 8 heteroatoms. The molecule has 0 unspecified atom stereocenters. The van der Waals surface area contributed by atoms with Crippen LogP contribution in [0.15, 0.2) is 24.0 Å². The van der Waals surface area contributed by atoms with Crippen molar-refractivity contribution in [3.05, 3.63) is 29.5 Å². The fraction of sp³-hybridized carbons (Fsp3) is 0. The molecule has 0 heterocycles. The van der Waals surface area contributed by atoms with Gasteiger partial charge in [-0.2, -0.15) is 0 Å². The molecule has 2 N–H and O–H groups in total. The Hall–Kier alpha value is 0.0800. The molecule has 0 aromatic heterocycles. The minimum absolute atomic E-state index is 0.212. The maximum atomic E-state index is 11.5. The summed E-state index contributed by atoms with van der Waals surface area (Å²) >= 11 is 13.0. The highest BCUT2D eigenvalue weighted by molar-refractivity contribution is 9.15. The molecule has 86 valence electrons. The third kappa shape index (κ3) is 3.06. The molecule has 0 spiro atoms. The lowest BCUT2D eigenvalue weighted by atomic mass is 10.2. The van der Waals surface area contributed by atoms with Gasteiger partial charge < -0.3 is 5.11 Å². The second-order valence-corrected chi connectivity index (χ2v) is 5.84. The average Bonchev–Trinajstić information content (AvgIpc) is 2.19. The van der Waals surface area contributed by atoms with Crippen molar-refractivity contribution in [1.29, 1.82) is 0 Å². The van der Waals surface area contributed by atoms with Crippen LogP contribution in [0.5, 0.6) is 0 Å². The molecule has 1 aromatic carbocycles. The van der Waals surface area contributed by atoms with Gasteiger partial charge in [-0.1, -0.05) is 0 Å².